The molecule has 1 saturated carbocycles. The minimum absolute atomic E-state index is 0.289. The van der Waals surface area contributed by atoms with Crippen molar-refractivity contribution in [1.82, 2.24) is 0 Å². The predicted octanol–water partition coefficient (Wildman–Crippen LogP) is 1.21. The average molecular weight is 229 g/mol. The van der Waals surface area contributed by atoms with E-state index < -0.39 is 0 Å². The molecule has 1 N–H and O–H groups in total. The molecule has 1 aromatic rings. The summed E-state index contributed by atoms with van der Waals surface area (Å²) < 4.78 is 4.76. The number of anilines is 1. The number of ether oxygens (including phenoxy) is 1. The number of carbonyl (C=O) groups excluding carboxylic acids is 1. The second-order valence-electron chi connectivity index (χ2n) is 4.37. The first-order valence-corrected chi connectivity index (χ1v) is 5.76. The Morgan fingerprint density at radius 1 is 1.41 bits per heavy atom. The van der Waals surface area contributed by atoms with Crippen LogP contribution in [-0.2, 0) is 4.74 Å². The van der Waals surface area contributed by atoms with E-state index in [0.717, 1.165) is 11.2 Å². The van der Waals surface area contributed by atoms with Gasteiger partial charge < -0.3 is 10.1 Å². The van der Waals surface area contributed by atoms with Crippen LogP contribution in [0.4, 0.5) is 5.69 Å². The molecule has 2 rings (SSSR count). The number of nitrogens with one attached hydrogen (secondary N) is 1. The van der Waals surface area contributed by atoms with Gasteiger partial charge >= 0.3 is 5.97 Å². The van der Waals surface area contributed by atoms with Crippen molar-refractivity contribution in [3.63, 3.8) is 0 Å². The third-order valence-corrected chi connectivity index (χ3v) is 3.01. The van der Waals surface area contributed by atoms with E-state index in [0.29, 0.717) is 5.56 Å². The fourth-order valence-electron chi connectivity index (χ4n) is 1.77. The molecule has 1 aliphatic rings. The number of methoxy groups -OCH3 is 1. The maximum atomic E-state index is 11.6. The second kappa shape index (κ2) is 4.66. The summed E-state index contributed by atoms with van der Waals surface area (Å²) >= 11 is 0. The first-order valence-electron chi connectivity index (χ1n) is 5.76. The van der Waals surface area contributed by atoms with Gasteiger partial charge in [-0.25, -0.2) is 4.79 Å². The van der Waals surface area contributed by atoms with Gasteiger partial charge in [-0.1, -0.05) is 17.1 Å². The Kier molecular flexibility index (Phi) is 3.22. The molecule has 1 fully saturated rings. The fourth-order valence-corrected chi connectivity index (χ4v) is 1.77. The zero-order valence-electron chi connectivity index (χ0n) is 10.5. The standard InChI is InChI=1S/C13H16BNO2/c1-8(9-3-4-9)15-10-5-6-12(14)11(7-10)13(16)17-2/h5-7,15H,3-4,14H2,1-2H3. The fraction of sp³-hybridized carbons (Fsp3) is 0.308. The molecule has 0 unspecified atom stereocenters. The molecule has 1 aromatic carbocycles. The summed E-state index contributed by atoms with van der Waals surface area (Å²) in [5.74, 6) is -0.289. The number of hydrogen-bond acceptors (Lipinski definition) is 3. The normalized spacial score (nSPS) is 13.2. The lowest BCUT2D eigenvalue weighted by Crippen LogP contribution is -2.17. The molecule has 0 spiro atoms. The highest BCUT2D eigenvalue weighted by Gasteiger charge is 2.15. The lowest BCUT2D eigenvalue weighted by molar-refractivity contribution is 0.0602. The monoisotopic (exact) mass is 229 g/mol. The third-order valence-electron chi connectivity index (χ3n) is 3.01. The Labute approximate surface area is 102 Å². The molecule has 1 aliphatic carbocycles. The van der Waals surface area contributed by atoms with Gasteiger partial charge in [0, 0.05) is 11.4 Å². The Balaban J connectivity index is 2.24. The minimum atomic E-state index is -0.289. The molecule has 0 aromatic heterocycles. The Morgan fingerprint density at radius 3 is 2.71 bits per heavy atom. The van der Waals surface area contributed by atoms with Crippen LogP contribution in [0.1, 0.15) is 30.1 Å². The van der Waals surface area contributed by atoms with Crippen LogP contribution in [0.15, 0.2) is 29.5 Å². The maximum Gasteiger partial charge on any atom is 0.337 e. The number of rotatable bonds is 3. The van der Waals surface area contributed by atoms with Crippen molar-refractivity contribution in [3.8, 4) is 0 Å². The molecule has 0 atom stereocenters. The van der Waals surface area contributed by atoms with Crippen molar-refractivity contribution in [2.75, 3.05) is 12.4 Å². The predicted molar refractivity (Wildman–Crippen MR) is 71.5 cm³/mol. The number of benzene rings is 1. The van der Waals surface area contributed by atoms with Gasteiger partial charge in [0.1, 0.15) is 7.85 Å². The molecule has 0 aliphatic heterocycles. The van der Waals surface area contributed by atoms with Crippen LogP contribution in [0, 0.1) is 0 Å². The highest BCUT2D eigenvalue weighted by Crippen LogP contribution is 2.31. The molecule has 0 amide bonds. The molecule has 0 radical (unpaired) electrons. The quantitative estimate of drug-likeness (QED) is 0.625. The largest absolute Gasteiger partial charge is 0.465 e. The topological polar surface area (TPSA) is 38.3 Å². The van der Waals surface area contributed by atoms with E-state index in [1.165, 1.54) is 31.2 Å². The summed E-state index contributed by atoms with van der Waals surface area (Å²) in [6, 6.07) is 5.75. The molecule has 4 heteroatoms. The van der Waals surface area contributed by atoms with E-state index in [1.54, 1.807) is 0 Å². The van der Waals surface area contributed by atoms with E-state index >= 15 is 0 Å². The Hall–Kier alpha value is -1.71. The van der Waals surface area contributed by atoms with Crippen molar-refractivity contribution in [2.45, 2.75) is 19.8 Å². The maximum absolute atomic E-state index is 11.6. The van der Waals surface area contributed by atoms with Gasteiger partial charge in [-0.2, -0.15) is 0 Å². The summed E-state index contributed by atoms with van der Waals surface area (Å²) in [7, 11) is 3.31. The summed E-state index contributed by atoms with van der Waals surface area (Å²) in [5.41, 5.74) is 5.15. The molecule has 0 heterocycles. The van der Waals surface area contributed by atoms with Crippen LogP contribution >= 0.6 is 0 Å². The van der Waals surface area contributed by atoms with E-state index in [2.05, 4.69) is 12.2 Å². The molecule has 88 valence electrons. The van der Waals surface area contributed by atoms with Crippen molar-refractivity contribution in [2.24, 2.45) is 0 Å². The molecular weight excluding hydrogens is 213 g/mol. The zero-order valence-corrected chi connectivity index (χ0v) is 10.5. The van der Waals surface area contributed by atoms with E-state index in [1.807, 2.05) is 26.0 Å². The van der Waals surface area contributed by atoms with Gasteiger partial charge in [0.2, 0.25) is 0 Å². The number of esters is 1. The van der Waals surface area contributed by atoms with Gasteiger partial charge in [-0.3, -0.25) is 0 Å². The Bertz CT molecular complexity index is 488. The first-order chi connectivity index (χ1) is 8.11. The van der Waals surface area contributed by atoms with Crippen molar-refractivity contribution < 1.29 is 9.53 Å². The van der Waals surface area contributed by atoms with Gasteiger partial charge in [0.15, 0.2) is 0 Å². The van der Waals surface area contributed by atoms with Crippen LogP contribution < -0.4 is 10.8 Å². The Morgan fingerprint density at radius 2 is 2.12 bits per heavy atom. The van der Waals surface area contributed by atoms with Crippen molar-refractivity contribution in [1.29, 1.82) is 0 Å². The minimum Gasteiger partial charge on any atom is -0.465 e. The van der Waals surface area contributed by atoms with Crippen LogP contribution in [0.25, 0.3) is 0 Å². The first kappa shape index (κ1) is 11.8. The van der Waals surface area contributed by atoms with Gasteiger partial charge in [-0.05, 0) is 31.9 Å². The number of carbonyl (C=O) groups is 1. The lowest BCUT2D eigenvalue weighted by atomic mass is 9.90. The van der Waals surface area contributed by atoms with Gasteiger partial charge in [0.05, 0.1) is 12.7 Å². The summed E-state index contributed by atoms with van der Waals surface area (Å²) in [4.78, 5) is 11.6. The van der Waals surface area contributed by atoms with Gasteiger partial charge in [0.25, 0.3) is 0 Å². The number of allylic oxidation sites excluding steroid dienone is 2. The molecule has 3 nitrogen and oxygen atoms in total. The number of hydrogen-bond donors (Lipinski definition) is 1. The van der Waals surface area contributed by atoms with Crippen molar-refractivity contribution in [3.05, 3.63) is 35.0 Å². The van der Waals surface area contributed by atoms with E-state index in [4.69, 9.17) is 4.74 Å². The van der Waals surface area contributed by atoms with Crippen LogP contribution in [-0.4, -0.2) is 20.9 Å². The second-order valence-corrected chi connectivity index (χ2v) is 4.37. The van der Waals surface area contributed by atoms with Crippen LogP contribution in [0.5, 0.6) is 0 Å². The van der Waals surface area contributed by atoms with Crippen LogP contribution in [0.2, 0.25) is 0 Å². The summed E-state index contributed by atoms with van der Waals surface area (Å²) in [6.45, 7) is 2.07. The van der Waals surface area contributed by atoms with Crippen LogP contribution in [0.3, 0.4) is 0 Å². The van der Waals surface area contributed by atoms with Gasteiger partial charge in [-0.15, -0.1) is 0 Å². The molecule has 17 heavy (non-hydrogen) atoms. The van der Waals surface area contributed by atoms with E-state index in [-0.39, 0.29) is 5.97 Å². The molecular formula is C13H16BNO2. The zero-order chi connectivity index (χ0) is 12.4. The summed E-state index contributed by atoms with van der Waals surface area (Å²) in [5, 5.41) is 3.32. The third kappa shape index (κ3) is 2.70. The SMILES string of the molecule is Bc1ccc(NC(C)=C2CC2)cc1C(=O)OC. The summed E-state index contributed by atoms with van der Waals surface area (Å²) in [6.07, 6.45) is 2.38. The highest BCUT2D eigenvalue weighted by molar-refractivity contribution is 6.36. The molecule has 0 saturated heterocycles. The smallest absolute Gasteiger partial charge is 0.337 e. The molecule has 0 bridgehead atoms. The highest BCUT2D eigenvalue weighted by atomic mass is 16.5. The lowest BCUT2D eigenvalue weighted by Gasteiger charge is -2.10. The van der Waals surface area contributed by atoms with E-state index in [9.17, 15) is 4.79 Å². The van der Waals surface area contributed by atoms with Crippen molar-refractivity contribution >= 4 is 25.0 Å². The average Bonchev–Trinajstić information content (AvgIpc) is 3.14.